The molecule has 0 amide bonds. The lowest BCUT2D eigenvalue weighted by Gasteiger charge is -2.08. The smallest absolute Gasteiger partial charge is 0.0991 e. The zero-order chi connectivity index (χ0) is 17.6. The molecule has 3 rings (SSSR count). The molecule has 0 aliphatic carbocycles. The van der Waals surface area contributed by atoms with Crippen molar-refractivity contribution in [3.8, 4) is 28.5 Å². The van der Waals surface area contributed by atoms with Gasteiger partial charge in [0.05, 0.1) is 17.3 Å². The van der Waals surface area contributed by atoms with Gasteiger partial charge in [-0.25, -0.2) is 0 Å². The highest BCUT2D eigenvalue weighted by molar-refractivity contribution is 5.71. The van der Waals surface area contributed by atoms with Gasteiger partial charge in [0.2, 0.25) is 0 Å². The van der Waals surface area contributed by atoms with Gasteiger partial charge in [-0.1, -0.05) is 50.2 Å². The molecule has 0 radical (unpaired) electrons. The fourth-order valence-electron chi connectivity index (χ4n) is 2.83. The number of pyridine rings is 1. The van der Waals surface area contributed by atoms with Gasteiger partial charge in [-0.15, -0.1) is 0 Å². The molecule has 2 heteroatoms. The predicted molar refractivity (Wildman–Crippen MR) is 103 cm³/mol. The fraction of sp³-hybridized carbons (Fsp3) is 0.217. The minimum Gasteiger partial charge on any atom is -0.256 e. The number of nitrogens with zero attached hydrogens (tertiary/aromatic N) is 2. The van der Waals surface area contributed by atoms with Crippen molar-refractivity contribution in [1.29, 1.82) is 5.26 Å². The van der Waals surface area contributed by atoms with Crippen LogP contribution in [-0.4, -0.2) is 4.98 Å². The van der Waals surface area contributed by atoms with Gasteiger partial charge in [0.25, 0.3) is 0 Å². The number of benzene rings is 2. The van der Waals surface area contributed by atoms with E-state index in [1.165, 1.54) is 12.0 Å². The topological polar surface area (TPSA) is 36.7 Å². The van der Waals surface area contributed by atoms with Crippen LogP contribution in [0.5, 0.6) is 0 Å². The second kappa shape index (κ2) is 7.77. The van der Waals surface area contributed by atoms with E-state index in [1.54, 1.807) is 0 Å². The van der Waals surface area contributed by atoms with Crippen molar-refractivity contribution in [3.63, 3.8) is 0 Å². The summed E-state index contributed by atoms with van der Waals surface area (Å²) >= 11 is 0. The van der Waals surface area contributed by atoms with Crippen LogP contribution in [0, 0.1) is 17.2 Å². The maximum absolute atomic E-state index is 9.08. The van der Waals surface area contributed by atoms with E-state index in [0.717, 1.165) is 34.7 Å². The van der Waals surface area contributed by atoms with Crippen LogP contribution in [0.3, 0.4) is 0 Å². The molecule has 3 aromatic rings. The summed E-state index contributed by atoms with van der Waals surface area (Å²) in [5.74, 6) is 0.724. The molecular formula is C23H22N2. The van der Waals surface area contributed by atoms with Gasteiger partial charge in [0.15, 0.2) is 0 Å². The zero-order valence-electron chi connectivity index (χ0n) is 14.7. The molecule has 0 N–H and O–H groups in total. The number of aryl methyl sites for hydroxylation is 1. The molecule has 0 aliphatic heterocycles. The maximum atomic E-state index is 9.08. The van der Waals surface area contributed by atoms with E-state index < -0.39 is 0 Å². The summed E-state index contributed by atoms with van der Waals surface area (Å²) in [7, 11) is 0. The van der Waals surface area contributed by atoms with Crippen LogP contribution in [-0.2, 0) is 6.42 Å². The second-order valence-electron chi connectivity index (χ2n) is 6.75. The van der Waals surface area contributed by atoms with Gasteiger partial charge in [0.1, 0.15) is 0 Å². The van der Waals surface area contributed by atoms with Crippen LogP contribution < -0.4 is 0 Å². The van der Waals surface area contributed by atoms with Crippen LogP contribution in [0.15, 0.2) is 66.9 Å². The van der Waals surface area contributed by atoms with Gasteiger partial charge >= 0.3 is 0 Å². The Kier molecular flexibility index (Phi) is 5.26. The molecule has 0 saturated carbocycles. The van der Waals surface area contributed by atoms with Crippen molar-refractivity contribution in [1.82, 2.24) is 4.98 Å². The molecule has 0 atom stereocenters. The third-order valence-electron chi connectivity index (χ3n) is 4.35. The monoisotopic (exact) mass is 326 g/mol. The van der Waals surface area contributed by atoms with Crippen LogP contribution in [0.4, 0.5) is 0 Å². The van der Waals surface area contributed by atoms with Crippen molar-refractivity contribution in [3.05, 3.63) is 78.0 Å². The van der Waals surface area contributed by atoms with Crippen LogP contribution >= 0.6 is 0 Å². The van der Waals surface area contributed by atoms with E-state index in [1.807, 2.05) is 36.5 Å². The number of hydrogen-bond acceptors (Lipinski definition) is 2. The Balaban J connectivity index is 1.85. The number of nitriles is 1. The van der Waals surface area contributed by atoms with Crippen LogP contribution in [0.1, 0.15) is 31.4 Å². The van der Waals surface area contributed by atoms with E-state index in [-0.39, 0.29) is 0 Å². The van der Waals surface area contributed by atoms with E-state index in [4.69, 9.17) is 5.26 Å². The molecule has 0 aliphatic rings. The highest BCUT2D eigenvalue weighted by Crippen LogP contribution is 2.25. The minimum absolute atomic E-state index is 0.672. The number of aromatic nitrogens is 1. The molecule has 1 aromatic heterocycles. The molecule has 0 unspecified atom stereocenters. The molecule has 0 spiro atoms. The van der Waals surface area contributed by atoms with Gasteiger partial charge in [-0.3, -0.25) is 4.98 Å². The predicted octanol–water partition coefficient (Wildman–Crippen LogP) is 5.88. The highest BCUT2D eigenvalue weighted by Gasteiger charge is 2.05. The lowest BCUT2D eigenvalue weighted by Crippen LogP contribution is -1.92. The molecular weight excluding hydrogens is 304 g/mol. The Morgan fingerprint density at radius 1 is 0.920 bits per heavy atom. The second-order valence-corrected chi connectivity index (χ2v) is 6.75. The Hall–Kier alpha value is -2.92. The Labute approximate surface area is 149 Å². The summed E-state index contributed by atoms with van der Waals surface area (Å²) in [4.78, 5) is 4.52. The van der Waals surface area contributed by atoms with Gasteiger partial charge in [0, 0.05) is 11.8 Å². The summed E-state index contributed by atoms with van der Waals surface area (Å²) in [6.45, 7) is 4.51. The third-order valence-corrected chi connectivity index (χ3v) is 4.35. The Morgan fingerprint density at radius 3 is 2.40 bits per heavy atom. The lowest BCUT2D eigenvalue weighted by atomic mass is 9.99. The SMILES string of the molecule is CC(C)CCc1ccc(-c2cc(-c3cccc(C#N)c3)ccn2)cc1. The number of rotatable bonds is 5. The maximum Gasteiger partial charge on any atom is 0.0991 e. The Bertz CT molecular complexity index is 886. The van der Waals surface area contributed by atoms with Gasteiger partial charge in [-0.2, -0.15) is 5.26 Å². The first kappa shape index (κ1) is 16.9. The van der Waals surface area contributed by atoms with E-state index in [0.29, 0.717) is 5.56 Å². The largest absolute Gasteiger partial charge is 0.256 e. The summed E-state index contributed by atoms with van der Waals surface area (Å²) in [6.07, 6.45) is 4.16. The first-order valence-electron chi connectivity index (χ1n) is 8.71. The summed E-state index contributed by atoms with van der Waals surface area (Å²) in [6, 6.07) is 22.6. The number of hydrogen-bond donors (Lipinski definition) is 0. The third kappa shape index (κ3) is 4.33. The van der Waals surface area contributed by atoms with Crippen molar-refractivity contribution >= 4 is 0 Å². The summed E-state index contributed by atoms with van der Waals surface area (Å²) in [5.41, 5.74) is 6.23. The highest BCUT2D eigenvalue weighted by atomic mass is 14.7. The van der Waals surface area contributed by atoms with Crippen molar-refractivity contribution < 1.29 is 0 Å². The summed E-state index contributed by atoms with van der Waals surface area (Å²) in [5, 5.41) is 9.08. The molecule has 2 nitrogen and oxygen atoms in total. The van der Waals surface area contributed by atoms with Crippen molar-refractivity contribution in [2.75, 3.05) is 0 Å². The summed E-state index contributed by atoms with van der Waals surface area (Å²) < 4.78 is 0. The molecule has 1 heterocycles. The van der Waals surface area contributed by atoms with E-state index in [2.05, 4.69) is 55.2 Å². The first-order chi connectivity index (χ1) is 12.2. The molecule has 2 aromatic carbocycles. The molecule has 0 bridgehead atoms. The average molecular weight is 326 g/mol. The van der Waals surface area contributed by atoms with E-state index >= 15 is 0 Å². The first-order valence-corrected chi connectivity index (χ1v) is 8.71. The standard InChI is InChI=1S/C23H22N2/c1-17(2)6-7-18-8-10-20(11-9-18)23-15-22(12-13-25-23)21-5-3-4-19(14-21)16-24/h3-5,8-15,17H,6-7H2,1-2H3. The quantitative estimate of drug-likeness (QED) is 0.587. The van der Waals surface area contributed by atoms with Crippen molar-refractivity contribution in [2.45, 2.75) is 26.7 Å². The molecule has 124 valence electrons. The van der Waals surface area contributed by atoms with Gasteiger partial charge < -0.3 is 0 Å². The van der Waals surface area contributed by atoms with Crippen LogP contribution in [0.25, 0.3) is 22.4 Å². The fourth-order valence-corrected chi connectivity index (χ4v) is 2.83. The Morgan fingerprint density at radius 2 is 1.68 bits per heavy atom. The minimum atomic E-state index is 0.672. The van der Waals surface area contributed by atoms with Crippen LogP contribution in [0.2, 0.25) is 0 Å². The van der Waals surface area contributed by atoms with Crippen molar-refractivity contribution in [2.24, 2.45) is 5.92 Å². The zero-order valence-corrected chi connectivity index (χ0v) is 14.7. The molecule has 0 saturated heterocycles. The molecule has 25 heavy (non-hydrogen) atoms. The lowest BCUT2D eigenvalue weighted by molar-refractivity contribution is 0.587. The normalized spacial score (nSPS) is 10.6. The van der Waals surface area contributed by atoms with E-state index in [9.17, 15) is 0 Å². The average Bonchev–Trinajstić information content (AvgIpc) is 2.67. The molecule has 0 fully saturated rings. The van der Waals surface area contributed by atoms with Gasteiger partial charge in [-0.05, 0) is 59.7 Å².